The zero-order valence-corrected chi connectivity index (χ0v) is 14.4. The van der Waals surface area contributed by atoms with Gasteiger partial charge in [-0.05, 0) is 65.4 Å². The molecule has 1 unspecified atom stereocenters. The number of fused-ring (bicyclic) bond motifs is 3. The van der Waals surface area contributed by atoms with Crippen molar-refractivity contribution in [3.8, 4) is 0 Å². The molecule has 1 fully saturated rings. The van der Waals surface area contributed by atoms with Crippen LogP contribution in [0.25, 0.3) is 0 Å². The van der Waals surface area contributed by atoms with E-state index in [1.807, 2.05) is 0 Å². The number of hydrogen-bond donors (Lipinski definition) is 1. The summed E-state index contributed by atoms with van der Waals surface area (Å²) in [5.41, 5.74) is 3.60. The van der Waals surface area contributed by atoms with Crippen molar-refractivity contribution in [2.24, 2.45) is 28.6 Å². The maximum absolute atomic E-state index is 10.6. The van der Waals surface area contributed by atoms with E-state index in [2.05, 4.69) is 46.8 Å². The van der Waals surface area contributed by atoms with Gasteiger partial charge in [0.15, 0.2) is 0 Å². The maximum Gasteiger partial charge on any atom is 0.0761 e. The molecule has 0 aliphatic heterocycles. The van der Waals surface area contributed by atoms with E-state index in [0.29, 0.717) is 22.7 Å². The van der Waals surface area contributed by atoms with Gasteiger partial charge in [-0.15, -0.1) is 0 Å². The highest BCUT2D eigenvalue weighted by atomic mass is 16.3. The summed E-state index contributed by atoms with van der Waals surface area (Å²) in [5, 5.41) is 10.6. The molecule has 118 valence electrons. The van der Waals surface area contributed by atoms with Crippen molar-refractivity contribution < 1.29 is 5.11 Å². The molecule has 3 aliphatic carbocycles. The van der Waals surface area contributed by atoms with Crippen LogP contribution in [-0.4, -0.2) is 11.2 Å². The predicted octanol–water partition coefficient (Wildman–Crippen LogP) is 5.11. The summed E-state index contributed by atoms with van der Waals surface area (Å²) in [6.07, 6.45) is 10.8. The lowest BCUT2D eigenvalue weighted by Crippen LogP contribution is -2.50. The summed E-state index contributed by atoms with van der Waals surface area (Å²) >= 11 is 0. The van der Waals surface area contributed by atoms with E-state index in [1.165, 1.54) is 36.8 Å². The first-order valence-corrected chi connectivity index (χ1v) is 8.85. The third kappa shape index (κ3) is 2.32. The quantitative estimate of drug-likeness (QED) is 0.710. The first kappa shape index (κ1) is 15.3. The molecule has 0 bridgehead atoms. The molecular weight excluding hydrogens is 256 g/mol. The first-order valence-electron chi connectivity index (χ1n) is 8.85. The standard InChI is InChI=1S/C20H32O/c1-13(2)15-11-14-7-8-18-19(3,4)9-6-10-20(18,5)16(14)12-17(15)21/h7,11,13,16-18,21H,6,8-10,12H2,1-5H3/t16-,17?,18-,20+/m0/s1. The third-order valence-corrected chi connectivity index (χ3v) is 6.91. The molecule has 3 rings (SSSR count). The summed E-state index contributed by atoms with van der Waals surface area (Å²) in [7, 11) is 0. The molecule has 0 spiro atoms. The van der Waals surface area contributed by atoms with Crippen LogP contribution in [0.3, 0.4) is 0 Å². The van der Waals surface area contributed by atoms with E-state index < -0.39 is 0 Å². The van der Waals surface area contributed by atoms with Crippen LogP contribution >= 0.6 is 0 Å². The Hall–Kier alpha value is -0.560. The largest absolute Gasteiger partial charge is 0.389 e. The second-order valence-electron chi connectivity index (χ2n) is 8.94. The average molecular weight is 288 g/mol. The summed E-state index contributed by atoms with van der Waals surface area (Å²) in [4.78, 5) is 0. The van der Waals surface area contributed by atoms with Crippen molar-refractivity contribution in [1.29, 1.82) is 0 Å². The van der Waals surface area contributed by atoms with E-state index in [0.717, 1.165) is 12.3 Å². The normalized spacial score (nSPS) is 42.0. The molecule has 21 heavy (non-hydrogen) atoms. The summed E-state index contributed by atoms with van der Waals surface area (Å²) in [6.45, 7) is 11.8. The van der Waals surface area contributed by atoms with Gasteiger partial charge in [0.2, 0.25) is 0 Å². The first-order chi connectivity index (χ1) is 9.75. The molecule has 4 atom stereocenters. The van der Waals surface area contributed by atoms with E-state index in [-0.39, 0.29) is 6.10 Å². The van der Waals surface area contributed by atoms with Crippen molar-refractivity contribution in [3.05, 3.63) is 23.3 Å². The molecule has 1 N–H and O–H groups in total. The second kappa shape index (κ2) is 4.98. The Morgan fingerprint density at radius 1 is 1.19 bits per heavy atom. The number of aliphatic hydroxyl groups is 1. The van der Waals surface area contributed by atoms with E-state index in [9.17, 15) is 5.11 Å². The van der Waals surface area contributed by atoms with E-state index >= 15 is 0 Å². The summed E-state index contributed by atoms with van der Waals surface area (Å²) in [6, 6.07) is 0. The molecule has 1 nitrogen and oxygen atoms in total. The third-order valence-electron chi connectivity index (χ3n) is 6.91. The van der Waals surface area contributed by atoms with Crippen molar-refractivity contribution in [2.45, 2.75) is 72.8 Å². The van der Waals surface area contributed by atoms with Gasteiger partial charge < -0.3 is 5.11 Å². The Kier molecular flexibility index (Phi) is 3.64. The smallest absolute Gasteiger partial charge is 0.0761 e. The number of aliphatic hydroxyl groups excluding tert-OH is 1. The van der Waals surface area contributed by atoms with Gasteiger partial charge in [0.1, 0.15) is 0 Å². The highest BCUT2D eigenvalue weighted by Crippen LogP contribution is 2.61. The minimum absolute atomic E-state index is 0.229. The number of rotatable bonds is 1. The molecule has 0 aromatic rings. The molecular formula is C20H32O. The lowest BCUT2D eigenvalue weighted by Gasteiger charge is -2.58. The van der Waals surface area contributed by atoms with Crippen LogP contribution < -0.4 is 0 Å². The van der Waals surface area contributed by atoms with Gasteiger partial charge in [-0.1, -0.05) is 53.2 Å². The molecule has 0 saturated heterocycles. The fourth-order valence-corrected chi connectivity index (χ4v) is 5.71. The van der Waals surface area contributed by atoms with Gasteiger partial charge >= 0.3 is 0 Å². The predicted molar refractivity (Wildman–Crippen MR) is 89.0 cm³/mol. The minimum atomic E-state index is -0.229. The van der Waals surface area contributed by atoms with Crippen molar-refractivity contribution in [1.82, 2.24) is 0 Å². The van der Waals surface area contributed by atoms with Crippen molar-refractivity contribution in [2.75, 3.05) is 0 Å². The Balaban J connectivity index is 2.01. The molecule has 0 radical (unpaired) electrons. The highest BCUT2D eigenvalue weighted by molar-refractivity contribution is 5.37. The molecule has 0 amide bonds. The Labute approximate surface area is 130 Å². The number of allylic oxidation sites excluding steroid dienone is 3. The minimum Gasteiger partial charge on any atom is -0.389 e. The zero-order chi connectivity index (χ0) is 15.4. The fourth-order valence-electron chi connectivity index (χ4n) is 5.71. The van der Waals surface area contributed by atoms with Gasteiger partial charge in [-0.2, -0.15) is 0 Å². The van der Waals surface area contributed by atoms with Crippen LogP contribution in [-0.2, 0) is 0 Å². The van der Waals surface area contributed by atoms with E-state index in [4.69, 9.17) is 0 Å². The van der Waals surface area contributed by atoms with Crippen LogP contribution in [0, 0.1) is 28.6 Å². The monoisotopic (exact) mass is 288 g/mol. The molecule has 1 saturated carbocycles. The summed E-state index contributed by atoms with van der Waals surface area (Å²) < 4.78 is 0. The van der Waals surface area contributed by atoms with Crippen LogP contribution in [0.15, 0.2) is 23.3 Å². The molecule has 0 heterocycles. The van der Waals surface area contributed by atoms with Gasteiger partial charge in [-0.3, -0.25) is 0 Å². The maximum atomic E-state index is 10.6. The fraction of sp³-hybridized carbons (Fsp3) is 0.800. The van der Waals surface area contributed by atoms with Crippen molar-refractivity contribution in [3.63, 3.8) is 0 Å². The Bertz CT molecular complexity index is 482. The highest BCUT2D eigenvalue weighted by Gasteiger charge is 2.53. The van der Waals surface area contributed by atoms with Crippen LogP contribution in [0.4, 0.5) is 0 Å². The van der Waals surface area contributed by atoms with Gasteiger partial charge in [0, 0.05) is 0 Å². The topological polar surface area (TPSA) is 20.2 Å². The lowest BCUT2D eigenvalue weighted by molar-refractivity contribution is -0.0483. The average Bonchev–Trinajstić information content (AvgIpc) is 2.37. The molecule has 0 aromatic carbocycles. The molecule has 0 aromatic heterocycles. The lowest BCUT2D eigenvalue weighted by atomic mass is 9.47. The van der Waals surface area contributed by atoms with E-state index in [1.54, 1.807) is 0 Å². The van der Waals surface area contributed by atoms with Crippen LogP contribution in [0.2, 0.25) is 0 Å². The number of hydrogen-bond acceptors (Lipinski definition) is 1. The summed E-state index contributed by atoms with van der Waals surface area (Å²) in [5.74, 6) is 1.79. The van der Waals surface area contributed by atoms with Crippen LogP contribution in [0.5, 0.6) is 0 Å². The Morgan fingerprint density at radius 3 is 2.57 bits per heavy atom. The Morgan fingerprint density at radius 2 is 1.90 bits per heavy atom. The molecule has 1 heteroatoms. The van der Waals surface area contributed by atoms with Gasteiger partial charge in [-0.25, -0.2) is 0 Å². The SMILES string of the molecule is CC(C)C1=CC2=CC[C@H]3C(C)(C)CCC[C@]3(C)[C@H]2CC1O. The second-order valence-corrected chi connectivity index (χ2v) is 8.94. The van der Waals surface area contributed by atoms with Gasteiger partial charge in [0.25, 0.3) is 0 Å². The molecule has 3 aliphatic rings. The van der Waals surface area contributed by atoms with Crippen molar-refractivity contribution >= 4 is 0 Å². The zero-order valence-electron chi connectivity index (χ0n) is 14.4. The van der Waals surface area contributed by atoms with Crippen LogP contribution in [0.1, 0.15) is 66.7 Å². The van der Waals surface area contributed by atoms with Gasteiger partial charge in [0.05, 0.1) is 6.10 Å².